The van der Waals surface area contributed by atoms with Crippen LogP contribution in [0.3, 0.4) is 0 Å². The number of benzene rings is 1. The lowest BCUT2D eigenvalue weighted by atomic mass is 9.94. The van der Waals surface area contributed by atoms with Gasteiger partial charge in [0.2, 0.25) is 0 Å². The third-order valence-electron chi connectivity index (χ3n) is 3.02. The molecule has 0 heterocycles. The first kappa shape index (κ1) is 21.6. The Balaban J connectivity index is 3.39. The number of esters is 1. The Morgan fingerprint density at radius 3 is 2.00 bits per heavy atom. The lowest BCUT2D eigenvalue weighted by Gasteiger charge is -2.22. The molecule has 1 aromatic rings. The van der Waals surface area contributed by atoms with Crippen molar-refractivity contribution in [1.82, 2.24) is 0 Å². The second-order valence-corrected chi connectivity index (χ2v) is 9.19. The molecule has 0 aromatic heterocycles. The lowest BCUT2D eigenvalue weighted by Crippen LogP contribution is -2.36. The molecule has 0 aliphatic carbocycles. The average molecular weight is 409 g/mol. The summed E-state index contributed by atoms with van der Waals surface area (Å²) in [5, 5.41) is -0.689. The molecule has 1 rings (SSSR count). The van der Waals surface area contributed by atoms with Gasteiger partial charge in [0.05, 0.1) is 14.9 Å². The predicted molar refractivity (Wildman–Crippen MR) is 93.9 cm³/mol. The van der Waals surface area contributed by atoms with E-state index in [-0.39, 0.29) is 20.5 Å². The highest BCUT2D eigenvalue weighted by atomic mass is 35.5. The van der Waals surface area contributed by atoms with Crippen LogP contribution in [0.5, 0.6) is 0 Å². The zero-order chi connectivity index (χ0) is 19.7. The second kappa shape index (κ2) is 7.43. The van der Waals surface area contributed by atoms with Crippen molar-refractivity contribution in [1.29, 1.82) is 0 Å². The van der Waals surface area contributed by atoms with Crippen LogP contribution in [0.25, 0.3) is 0 Å². The molecule has 9 heteroatoms. The van der Waals surface area contributed by atoms with E-state index < -0.39 is 38.9 Å². The number of hydrogen-bond donors (Lipinski definition) is 0. The molecule has 0 saturated carbocycles. The number of halogens is 2. The number of rotatable bonds is 5. The Bertz CT molecular complexity index is 837. The predicted octanol–water partition coefficient (Wildman–Crippen LogP) is 3.13. The Morgan fingerprint density at radius 1 is 1.08 bits per heavy atom. The zero-order valence-electron chi connectivity index (χ0n) is 14.3. The van der Waals surface area contributed by atoms with Crippen LogP contribution in [-0.2, 0) is 24.2 Å². The molecule has 1 atom stereocenters. The minimum Gasteiger partial charge on any atom is -0.459 e. The van der Waals surface area contributed by atoms with Crippen LogP contribution in [0.2, 0.25) is 10.0 Å². The van der Waals surface area contributed by atoms with E-state index in [4.69, 9.17) is 27.9 Å². The van der Waals surface area contributed by atoms with Gasteiger partial charge in [-0.25, -0.2) is 8.42 Å². The van der Waals surface area contributed by atoms with E-state index in [1.807, 2.05) is 0 Å². The fourth-order valence-electron chi connectivity index (χ4n) is 1.98. The number of sulfone groups is 1. The van der Waals surface area contributed by atoms with Crippen LogP contribution in [-0.4, -0.2) is 37.8 Å². The van der Waals surface area contributed by atoms with E-state index in [9.17, 15) is 22.8 Å². The number of ether oxygens (including phenoxy) is 1. The van der Waals surface area contributed by atoms with Crippen LogP contribution in [0.15, 0.2) is 17.0 Å². The maximum Gasteiger partial charge on any atom is 0.325 e. The summed E-state index contributed by atoms with van der Waals surface area (Å²) in [6, 6.07) is 2.22. The van der Waals surface area contributed by atoms with Gasteiger partial charge in [0, 0.05) is 11.8 Å². The van der Waals surface area contributed by atoms with Crippen molar-refractivity contribution in [3.05, 3.63) is 27.7 Å². The largest absolute Gasteiger partial charge is 0.459 e. The smallest absolute Gasteiger partial charge is 0.325 e. The highest BCUT2D eigenvalue weighted by molar-refractivity contribution is 7.90. The molecule has 0 bridgehead atoms. The van der Waals surface area contributed by atoms with Crippen LogP contribution in [0, 0.1) is 5.92 Å². The molecule has 25 heavy (non-hydrogen) atoms. The number of carbonyl (C=O) groups excluding carboxylic acids is 3. The minimum absolute atomic E-state index is 0.231. The fraction of sp³-hybridized carbons (Fsp3) is 0.438. The Hall–Kier alpha value is -1.44. The molecule has 0 saturated heterocycles. The molecular formula is C16H18Cl2O6S. The van der Waals surface area contributed by atoms with Gasteiger partial charge in [-0.2, -0.15) is 0 Å². The molecule has 0 fully saturated rings. The van der Waals surface area contributed by atoms with Crippen LogP contribution in [0.1, 0.15) is 38.1 Å². The van der Waals surface area contributed by atoms with Crippen molar-refractivity contribution < 1.29 is 27.5 Å². The first-order valence-electron chi connectivity index (χ1n) is 7.12. The highest BCUT2D eigenvalue weighted by Crippen LogP contribution is 2.34. The van der Waals surface area contributed by atoms with Gasteiger partial charge in [0.25, 0.3) is 0 Å². The third-order valence-corrected chi connectivity index (χ3v) is 5.16. The van der Waals surface area contributed by atoms with E-state index in [1.54, 1.807) is 20.8 Å². The van der Waals surface area contributed by atoms with Gasteiger partial charge in [-0.1, -0.05) is 23.2 Å². The zero-order valence-corrected chi connectivity index (χ0v) is 16.7. The molecule has 6 nitrogen and oxygen atoms in total. The van der Waals surface area contributed by atoms with Crippen molar-refractivity contribution in [2.75, 3.05) is 6.26 Å². The summed E-state index contributed by atoms with van der Waals surface area (Å²) in [6.07, 6.45) is 0.936. The summed E-state index contributed by atoms with van der Waals surface area (Å²) in [5.41, 5.74) is -1.13. The summed E-state index contributed by atoms with van der Waals surface area (Å²) < 4.78 is 28.4. The number of carbonyl (C=O) groups is 3. The fourth-order valence-corrected chi connectivity index (χ4v) is 3.62. The van der Waals surface area contributed by atoms with E-state index in [0.29, 0.717) is 0 Å². The summed E-state index contributed by atoms with van der Waals surface area (Å²) in [7, 11) is -3.66. The SMILES string of the molecule is CC(=O)C(C(=O)OC(C)(C)C)C(=O)c1ccc(S(C)(=O)=O)c(Cl)c1Cl. The van der Waals surface area contributed by atoms with Crippen molar-refractivity contribution in [2.24, 2.45) is 5.92 Å². The molecule has 1 aromatic carbocycles. The summed E-state index contributed by atoms with van der Waals surface area (Å²) in [4.78, 5) is 36.4. The van der Waals surface area contributed by atoms with E-state index in [1.165, 1.54) is 0 Å². The molecule has 138 valence electrons. The Kier molecular flexibility index (Phi) is 6.42. The lowest BCUT2D eigenvalue weighted by molar-refractivity contribution is -0.159. The summed E-state index contributed by atoms with van der Waals surface area (Å²) >= 11 is 11.9. The van der Waals surface area contributed by atoms with E-state index in [2.05, 4.69) is 0 Å². The van der Waals surface area contributed by atoms with Crippen molar-refractivity contribution in [2.45, 2.75) is 38.2 Å². The summed E-state index contributed by atoms with van der Waals surface area (Å²) in [6.45, 7) is 5.86. The van der Waals surface area contributed by atoms with Gasteiger partial charge in [0.15, 0.2) is 27.3 Å². The van der Waals surface area contributed by atoms with E-state index in [0.717, 1.165) is 25.3 Å². The molecule has 0 aliphatic heterocycles. The molecule has 0 radical (unpaired) electrons. The van der Waals surface area contributed by atoms with Crippen LogP contribution in [0.4, 0.5) is 0 Å². The molecule has 0 amide bonds. The van der Waals surface area contributed by atoms with Gasteiger partial charge >= 0.3 is 5.97 Å². The normalized spacial score (nSPS) is 13.2. The summed E-state index contributed by atoms with van der Waals surface area (Å²) in [5.74, 6) is -4.35. The van der Waals surface area contributed by atoms with Crippen molar-refractivity contribution in [3.8, 4) is 0 Å². The number of ketones is 2. The monoisotopic (exact) mass is 408 g/mol. The van der Waals surface area contributed by atoms with Crippen molar-refractivity contribution in [3.63, 3.8) is 0 Å². The third kappa shape index (κ3) is 5.26. The maximum atomic E-state index is 12.6. The number of hydrogen-bond acceptors (Lipinski definition) is 6. The Morgan fingerprint density at radius 2 is 1.60 bits per heavy atom. The molecule has 1 unspecified atom stereocenters. The van der Waals surface area contributed by atoms with Gasteiger partial charge < -0.3 is 4.74 Å². The maximum absolute atomic E-state index is 12.6. The molecule has 0 aliphatic rings. The van der Waals surface area contributed by atoms with Gasteiger partial charge in [-0.05, 0) is 39.8 Å². The molecular weight excluding hydrogens is 391 g/mol. The molecule has 0 N–H and O–H groups in total. The molecule has 0 spiro atoms. The van der Waals surface area contributed by atoms with Crippen LogP contribution < -0.4 is 0 Å². The van der Waals surface area contributed by atoms with Gasteiger partial charge in [-0.15, -0.1) is 0 Å². The van der Waals surface area contributed by atoms with E-state index >= 15 is 0 Å². The first-order chi connectivity index (χ1) is 11.2. The second-order valence-electron chi connectivity index (χ2n) is 6.45. The average Bonchev–Trinajstić information content (AvgIpc) is 2.37. The van der Waals surface area contributed by atoms with Crippen LogP contribution >= 0.6 is 23.2 Å². The van der Waals surface area contributed by atoms with Gasteiger partial charge in [-0.3, -0.25) is 14.4 Å². The van der Waals surface area contributed by atoms with Gasteiger partial charge in [0.1, 0.15) is 5.60 Å². The topological polar surface area (TPSA) is 94.6 Å². The van der Waals surface area contributed by atoms with Crippen molar-refractivity contribution >= 4 is 50.6 Å². The standard InChI is InChI=1S/C16H18Cl2O6S/c1-8(19)11(15(21)24-16(2,3)4)14(20)9-6-7-10(25(5,22)23)13(18)12(9)17/h6-7,11H,1-5H3. The highest BCUT2D eigenvalue weighted by Gasteiger charge is 2.37. The Labute approximate surface area is 156 Å². The first-order valence-corrected chi connectivity index (χ1v) is 9.77. The minimum atomic E-state index is -3.66. The number of Topliss-reactive ketones (excluding diaryl/α,β-unsaturated/α-hetero) is 2. The quantitative estimate of drug-likeness (QED) is 0.421.